The number of benzene rings is 2. The molecular weight excluding hydrogens is 349 g/mol. The van der Waals surface area contributed by atoms with Crippen molar-refractivity contribution in [1.82, 2.24) is 14.1 Å². The molecule has 1 radical (unpaired) electrons. The number of nitrogens with zero attached hydrogens (tertiary/aromatic N) is 4. The molecule has 0 amide bonds. The third kappa shape index (κ3) is 2.57. The van der Waals surface area contributed by atoms with Gasteiger partial charge in [0.1, 0.15) is 6.33 Å². The number of rotatable bonds is 0. The molecule has 22 heavy (non-hydrogen) atoms. The zero-order valence-corrected chi connectivity index (χ0v) is 15.4. The van der Waals surface area contributed by atoms with Crippen LogP contribution in [0.25, 0.3) is 10.9 Å². The van der Waals surface area contributed by atoms with Crippen LogP contribution in [0.15, 0.2) is 59.9 Å². The fourth-order valence-electron chi connectivity index (χ4n) is 2.51. The van der Waals surface area contributed by atoms with Gasteiger partial charge >= 0.3 is 0 Å². The van der Waals surface area contributed by atoms with Gasteiger partial charge in [0.05, 0.1) is 11.2 Å². The maximum atomic E-state index is 4.45. The van der Waals surface area contributed by atoms with Gasteiger partial charge in [-0.05, 0) is 6.07 Å². The molecule has 4 nitrogen and oxygen atoms in total. The molecule has 3 aromatic rings. The summed E-state index contributed by atoms with van der Waals surface area (Å²) in [5.74, 6) is 0. The van der Waals surface area contributed by atoms with Crippen LogP contribution < -0.4 is 10.1 Å². The molecular formula is C17H15N4Y-. The van der Waals surface area contributed by atoms with Crippen molar-refractivity contribution >= 4 is 28.6 Å². The summed E-state index contributed by atoms with van der Waals surface area (Å²) in [6, 6.07) is 16.1. The van der Waals surface area contributed by atoms with Gasteiger partial charge in [0.25, 0.3) is 0 Å². The molecule has 1 aromatic heterocycles. The quantitative estimate of drug-likeness (QED) is 0.446. The first-order valence-electron chi connectivity index (χ1n) is 6.43. The van der Waals surface area contributed by atoms with Crippen molar-refractivity contribution in [1.29, 1.82) is 0 Å². The van der Waals surface area contributed by atoms with Gasteiger partial charge in [-0.25, -0.2) is 9.98 Å². The zero-order chi connectivity index (χ0) is 13.5. The third-order valence-corrected chi connectivity index (χ3v) is 3.45. The summed E-state index contributed by atoms with van der Waals surface area (Å²) in [5, 5.41) is 1.08. The van der Waals surface area contributed by atoms with Crippen LogP contribution in [0.5, 0.6) is 0 Å². The molecule has 0 unspecified atom stereocenters. The van der Waals surface area contributed by atoms with Gasteiger partial charge < -0.3 is 12.0 Å². The number of hydrogen-bond acceptors (Lipinski definition) is 2. The summed E-state index contributed by atoms with van der Waals surface area (Å²) >= 11 is 0. The van der Waals surface area contributed by atoms with Crippen molar-refractivity contribution in [3.8, 4) is 0 Å². The van der Waals surface area contributed by atoms with E-state index >= 15 is 0 Å². The Balaban J connectivity index is 0.000000882. The predicted octanol–water partition coefficient (Wildman–Crippen LogP) is 2.68. The van der Waals surface area contributed by atoms with E-state index in [1.807, 2.05) is 65.0 Å². The molecule has 1 aliphatic heterocycles. The van der Waals surface area contributed by atoms with E-state index in [9.17, 15) is 0 Å². The van der Waals surface area contributed by atoms with E-state index in [0.29, 0.717) is 0 Å². The first kappa shape index (κ1) is 16.7. The Morgan fingerprint density at radius 2 is 1.77 bits per heavy atom. The van der Waals surface area contributed by atoms with E-state index < -0.39 is 0 Å². The number of fused-ring (bicyclic) bond motifs is 2. The maximum Gasteiger partial charge on any atom is 0.208 e. The van der Waals surface area contributed by atoms with Crippen LogP contribution in [0.2, 0.25) is 0 Å². The molecule has 0 bridgehead atoms. The summed E-state index contributed by atoms with van der Waals surface area (Å²) in [6.07, 6.45) is 4.90. The van der Waals surface area contributed by atoms with Crippen molar-refractivity contribution in [2.45, 2.75) is 0 Å². The second kappa shape index (κ2) is 6.63. The molecule has 1 aliphatic rings. The molecule has 0 saturated carbocycles. The summed E-state index contributed by atoms with van der Waals surface area (Å²) < 4.78 is 3.98. The normalized spacial score (nSPS) is 14.2. The number of para-hydroxylation sites is 3. The SMILES string of the molecule is Cn1cnc2ccccc2c1=[N+]1[C-]=Nc2ccccc21.[CH3-].[Y]. The van der Waals surface area contributed by atoms with Crippen LogP contribution >= 0.6 is 0 Å². The Morgan fingerprint density at radius 3 is 2.64 bits per heavy atom. The number of aliphatic imine (C=N–C) groups is 1. The minimum atomic E-state index is 0. The molecule has 4 rings (SSSR count). The fourth-order valence-corrected chi connectivity index (χ4v) is 2.51. The molecule has 0 spiro atoms. The van der Waals surface area contributed by atoms with E-state index in [0.717, 1.165) is 27.8 Å². The van der Waals surface area contributed by atoms with Gasteiger partial charge in [-0.15, -0.1) is 0 Å². The average Bonchev–Trinajstić information content (AvgIpc) is 2.91. The van der Waals surface area contributed by atoms with Crippen LogP contribution in [0, 0.1) is 7.43 Å². The van der Waals surface area contributed by atoms with E-state index in [2.05, 4.69) is 22.4 Å². The molecule has 0 N–H and O–H groups in total. The molecule has 0 saturated heterocycles. The Bertz CT molecular complexity index is 925. The minimum Gasteiger partial charge on any atom is -0.358 e. The number of aromatic nitrogens is 2. The van der Waals surface area contributed by atoms with Crippen LogP contribution in [0.4, 0.5) is 11.4 Å². The molecule has 0 fully saturated rings. The monoisotopic (exact) mass is 364 g/mol. The van der Waals surface area contributed by atoms with E-state index in [1.165, 1.54) is 0 Å². The summed E-state index contributed by atoms with van der Waals surface area (Å²) in [6.45, 7) is 0. The van der Waals surface area contributed by atoms with Crippen LogP contribution in [0.3, 0.4) is 0 Å². The Labute approximate surface area is 154 Å². The predicted molar refractivity (Wildman–Crippen MR) is 85.6 cm³/mol. The smallest absolute Gasteiger partial charge is 0.208 e. The van der Waals surface area contributed by atoms with Gasteiger partial charge in [0.15, 0.2) is 5.49 Å². The summed E-state index contributed by atoms with van der Waals surface area (Å²) in [4.78, 5) is 8.79. The summed E-state index contributed by atoms with van der Waals surface area (Å²) in [5.41, 5.74) is 3.96. The van der Waals surface area contributed by atoms with Gasteiger partial charge in [0.2, 0.25) is 6.34 Å². The van der Waals surface area contributed by atoms with E-state index in [4.69, 9.17) is 0 Å². The third-order valence-electron chi connectivity index (χ3n) is 3.45. The average molecular weight is 364 g/mol. The van der Waals surface area contributed by atoms with Crippen molar-refractivity contribution in [2.24, 2.45) is 12.0 Å². The molecule has 5 heteroatoms. The number of hydrogen-bond donors (Lipinski definition) is 0. The molecule has 2 aromatic carbocycles. The maximum absolute atomic E-state index is 4.45. The van der Waals surface area contributed by atoms with Crippen LogP contribution in [-0.4, -0.2) is 15.9 Å². The fraction of sp³-hybridized carbons (Fsp3) is 0.0588. The molecule has 107 valence electrons. The molecule has 0 aliphatic carbocycles. The largest absolute Gasteiger partial charge is 0.358 e. The van der Waals surface area contributed by atoms with E-state index in [-0.39, 0.29) is 40.1 Å². The van der Waals surface area contributed by atoms with Crippen molar-refractivity contribution in [3.05, 3.63) is 67.8 Å². The standard InChI is InChI=1S/C16H12N4.CH3.Y/c1-19-10-17-13-7-3-2-6-12(13)16(19)20-11-18-14-8-4-5-9-15(14)20;;/h2-10H,1H3;1H3;/q;-1;. The number of aryl methyl sites for hydroxylation is 1. The minimum absolute atomic E-state index is 0. The van der Waals surface area contributed by atoms with Gasteiger partial charge in [0, 0.05) is 50.8 Å². The van der Waals surface area contributed by atoms with E-state index in [1.54, 1.807) is 0 Å². The van der Waals surface area contributed by atoms with Crippen LogP contribution in [-0.2, 0) is 39.8 Å². The van der Waals surface area contributed by atoms with Gasteiger partial charge in [-0.1, -0.05) is 42.5 Å². The first-order valence-corrected chi connectivity index (χ1v) is 6.43. The van der Waals surface area contributed by atoms with Gasteiger partial charge in [-0.3, -0.25) is 4.57 Å². The Hall–Kier alpha value is -1.65. The molecule has 0 atom stereocenters. The second-order valence-electron chi connectivity index (χ2n) is 4.73. The zero-order valence-electron chi connectivity index (χ0n) is 12.6. The Morgan fingerprint density at radius 1 is 1.05 bits per heavy atom. The topological polar surface area (TPSA) is 33.2 Å². The van der Waals surface area contributed by atoms with Crippen molar-refractivity contribution < 1.29 is 32.7 Å². The molecule has 2 heterocycles. The van der Waals surface area contributed by atoms with Crippen molar-refractivity contribution in [2.75, 3.05) is 0 Å². The first-order chi connectivity index (χ1) is 9.84. The Kier molecular flexibility index (Phi) is 5.04. The summed E-state index contributed by atoms with van der Waals surface area (Å²) in [7, 11) is 1.98. The van der Waals surface area contributed by atoms with Crippen molar-refractivity contribution in [3.63, 3.8) is 0 Å². The van der Waals surface area contributed by atoms with Gasteiger partial charge in [-0.2, -0.15) is 0 Å². The van der Waals surface area contributed by atoms with Crippen LogP contribution in [0.1, 0.15) is 0 Å². The second-order valence-corrected chi connectivity index (χ2v) is 4.73.